The summed E-state index contributed by atoms with van der Waals surface area (Å²) < 4.78 is 10.3. The molecular weight excluding hydrogens is 312 g/mol. The summed E-state index contributed by atoms with van der Waals surface area (Å²) in [6.07, 6.45) is 0. The van der Waals surface area contributed by atoms with E-state index in [1.54, 1.807) is 12.1 Å². The highest BCUT2D eigenvalue weighted by Gasteiger charge is 2.13. The quantitative estimate of drug-likeness (QED) is 0.404. The molecule has 0 bridgehead atoms. The SMILES string of the molecule is O=[N+]([O-])c1ccc(NCCOc2nonc2-c2ccccc2)cc1. The van der Waals surface area contributed by atoms with Crippen LogP contribution in [0.25, 0.3) is 11.3 Å². The zero-order chi connectivity index (χ0) is 16.8. The van der Waals surface area contributed by atoms with Crippen molar-refractivity contribution >= 4 is 11.4 Å². The van der Waals surface area contributed by atoms with Crippen LogP contribution in [0, 0.1) is 10.1 Å². The van der Waals surface area contributed by atoms with Crippen LogP contribution in [0.5, 0.6) is 5.88 Å². The molecule has 0 radical (unpaired) electrons. The second-order valence-corrected chi connectivity index (χ2v) is 4.86. The van der Waals surface area contributed by atoms with Crippen molar-refractivity contribution < 1.29 is 14.3 Å². The zero-order valence-electron chi connectivity index (χ0n) is 12.6. The van der Waals surface area contributed by atoms with Crippen LogP contribution in [0.1, 0.15) is 0 Å². The predicted octanol–water partition coefficient (Wildman–Crippen LogP) is 3.14. The molecule has 122 valence electrons. The molecule has 24 heavy (non-hydrogen) atoms. The molecule has 0 amide bonds. The number of nitro groups is 1. The van der Waals surface area contributed by atoms with Crippen molar-refractivity contribution in [2.24, 2.45) is 0 Å². The van der Waals surface area contributed by atoms with E-state index in [1.807, 2.05) is 30.3 Å². The van der Waals surface area contributed by atoms with Crippen molar-refractivity contribution in [3.05, 3.63) is 64.7 Å². The fourth-order valence-corrected chi connectivity index (χ4v) is 2.09. The van der Waals surface area contributed by atoms with Crippen LogP contribution in [-0.2, 0) is 0 Å². The van der Waals surface area contributed by atoms with Gasteiger partial charge >= 0.3 is 0 Å². The van der Waals surface area contributed by atoms with Crippen molar-refractivity contribution in [2.75, 3.05) is 18.5 Å². The Morgan fingerprint density at radius 3 is 2.54 bits per heavy atom. The molecule has 8 heteroatoms. The van der Waals surface area contributed by atoms with Gasteiger partial charge in [0.05, 0.1) is 4.92 Å². The lowest BCUT2D eigenvalue weighted by atomic mass is 10.2. The fourth-order valence-electron chi connectivity index (χ4n) is 2.09. The van der Waals surface area contributed by atoms with Gasteiger partial charge < -0.3 is 10.1 Å². The first-order valence-corrected chi connectivity index (χ1v) is 7.23. The van der Waals surface area contributed by atoms with Gasteiger partial charge in [-0.3, -0.25) is 10.1 Å². The molecule has 3 rings (SSSR count). The van der Waals surface area contributed by atoms with Gasteiger partial charge in [-0.2, -0.15) is 0 Å². The Morgan fingerprint density at radius 2 is 1.83 bits per heavy atom. The van der Waals surface area contributed by atoms with Gasteiger partial charge in [-0.1, -0.05) is 30.3 Å². The summed E-state index contributed by atoms with van der Waals surface area (Å²) in [5, 5.41) is 21.3. The van der Waals surface area contributed by atoms with Crippen LogP contribution >= 0.6 is 0 Å². The summed E-state index contributed by atoms with van der Waals surface area (Å²) in [6.45, 7) is 0.837. The first kappa shape index (κ1) is 15.5. The standard InChI is InChI=1S/C16H14N4O4/c21-20(22)14-8-6-13(7-9-14)17-10-11-23-16-15(18-24-19-16)12-4-2-1-3-5-12/h1-9,17H,10-11H2. The molecule has 1 N–H and O–H groups in total. The monoisotopic (exact) mass is 326 g/mol. The number of non-ortho nitro benzene ring substituents is 1. The highest BCUT2D eigenvalue weighted by atomic mass is 16.6. The Kier molecular flexibility index (Phi) is 4.66. The van der Waals surface area contributed by atoms with Gasteiger partial charge in [0.25, 0.3) is 11.6 Å². The fraction of sp³-hybridized carbons (Fsp3) is 0.125. The second-order valence-electron chi connectivity index (χ2n) is 4.86. The molecule has 0 saturated heterocycles. The summed E-state index contributed by atoms with van der Waals surface area (Å²) in [5.41, 5.74) is 2.23. The van der Waals surface area contributed by atoms with Crippen LogP contribution in [0.15, 0.2) is 59.2 Å². The largest absolute Gasteiger partial charge is 0.472 e. The molecule has 0 aliphatic carbocycles. The lowest BCUT2D eigenvalue weighted by Crippen LogP contribution is -2.12. The van der Waals surface area contributed by atoms with E-state index < -0.39 is 4.92 Å². The molecule has 0 atom stereocenters. The number of rotatable bonds is 7. The number of hydrogen-bond acceptors (Lipinski definition) is 7. The van der Waals surface area contributed by atoms with E-state index in [1.165, 1.54) is 12.1 Å². The minimum absolute atomic E-state index is 0.0537. The molecule has 1 heterocycles. The van der Waals surface area contributed by atoms with Crippen molar-refractivity contribution in [3.63, 3.8) is 0 Å². The van der Waals surface area contributed by atoms with Crippen molar-refractivity contribution in [3.8, 4) is 17.1 Å². The molecule has 1 aromatic heterocycles. The smallest absolute Gasteiger partial charge is 0.283 e. The minimum atomic E-state index is -0.435. The van der Waals surface area contributed by atoms with E-state index in [0.29, 0.717) is 24.7 Å². The van der Waals surface area contributed by atoms with E-state index in [0.717, 1.165) is 11.3 Å². The summed E-state index contributed by atoms with van der Waals surface area (Å²) in [7, 11) is 0. The van der Waals surface area contributed by atoms with Crippen LogP contribution in [0.2, 0.25) is 0 Å². The minimum Gasteiger partial charge on any atom is -0.472 e. The average Bonchev–Trinajstić information content (AvgIpc) is 3.08. The number of nitrogens with one attached hydrogen (secondary N) is 1. The highest BCUT2D eigenvalue weighted by Crippen LogP contribution is 2.25. The number of hydrogen-bond donors (Lipinski definition) is 1. The van der Waals surface area contributed by atoms with E-state index in [4.69, 9.17) is 9.37 Å². The highest BCUT2D eigenvalue weighted by molar-refractivity contribution is 5.63. The number of anilines is 1. The summed E-state index contributed by atoms with van der Waals surface area (Å²) in [4.78, 5) is 10.2. The van der Waals surface area contributed by atoms with Crippen molar-refractivity contribution in [1.29, 1.82) is 0 Å². The van der Waals surface area contributed by atoms with Crippen LogP contribution in [-0.4, -0.2) is 28.4 Å². The van der Waals surface area contributed by atoms with E-state index in [9.17, 15) is 10.1 Å². The number of nitro benzene ring substituents is 1. The number of ether oxygens (including phenoxy) is 1. The lowest BCUT2D eigenvalue weighted by molar-refractivity contribution is -0.384. The molecule has 2 aromatic carbocycles. The molecular formula is C16H14N4O4. The van der Waals surface area contributed by atoms with Gasteiger partial charge in [0.1, 0.15) is 6.61 Å². The third-order valence-electron chi connectivity index (χ3n) is 3.25. The Balaban J connectivity index is 1.52. The molecule has 0 aliphatic heterocycles. The first-order valence-electron chi connectivity index (χ1n) is 7.23. The normalized spacial score (nSPS) is 10.3. The van der Waals surface area contributed by atoms with Gasteiger partial charge in [0, 0.05) is 29.9 Å². The molecule has 0 spiro atoms. The molecule has 0 saturated carbocycles. The molecule has 0 unspecified atom stereocenters. The zero-order valence-corrected chi connectivity index (χ0v) is 12.6. The lowest BCUT2D eigenvalue weighted by Gasteiger charge is -2.07. The Labute approximate surface area is 137 Å². The topological polar surface area (TPSA) is 103 Å². The Hall–Kier alpha value is -3.42. The first-order chi connectivity index (χ1) is 11.7. The summed E-state index contributed by atoms with van der Waals surface area (Å²) in [5.74, 6) is 0.326. The molecule has 8 nitrogen and oxygen atoms in total. The Bertz CT molecular complexity index is 802. The maximum atomic E-state index is 10.6. The maximum Gasteiger partial charge on any atom is 0.283 e. The maximum absolute atomic E-state index is 10.6. The van der Waals surface area contributed by atoms with Gasteiger partial charge in [0.15, 0.2) is 5.69 Å². The third kappa shape index (κ3) is 3.67. The van der Waals surface area contributed by atoms with Crippen LogP contribution in [0.4, 0.5) is 11.4 Å². The van der Waals surface area contributed by atoms with Gasteiger partial charge in [0.2, 0.25) is 0 Å². The van der Waals surface area contributed by atoms with Crippen molar-refractivity contribution in [1.82, 2.24) is 10.3 Å². The molecule has 0 aliphatic rings. The second kappa shape index (κ2) is 7.23. The average molecular weight is 326 g/mol. The number of aromatic nitrogens is 2. The van der Waals surface area contributed by atoms with E-state index in [2.05, 4.69) is 15.6 Å². The summed E-state index contributed by atoms with van der Waals surface area (Å²) >= 11 is 0. The van der Waals surface area contributed by atoms with Crippen LogP contribution < -0.4 is 10.1 Å². The number of nitrogens with zero attached hydrogens (tertiary/aromatic N) is 3. The van der Waals surface area contributed by atoms with E-state index >= 15 is 0 Å². The number of benzene rings is 2. The van der Waals surface area contributed by atoms with E-state index in [-0.39, 0.29) is 5.69 Å². The van der Waals surface area contributed by atoms with Crippen LogP contribution in [0.3, 0.4) is 0 Å². The van der Waals surface area contributed by atoms with Gasteiger partial charge in [-0.15, -0.1) is 0 Å². The third-order valence-corrected chi connectivity index (χ3v) is 3.25. The van der Waals surface area contributed by atoms with Crippen molar-refractivity contribution in [2.45, 2.75) is 0 Å². The van der Waals surface area contributed by atoms with Gasteiger partial charge in [-0.05, 0) is 22.4 Å². The Morgan fingerprint density at radius 1 is 1.08 bits per heavy atom. The van der Waals surface area contributed by atoms with Gasteiger partial charge in [-0.25, -0.2) is 4.63 Å². The predicted molar refractivity (Wildman–Crippen MR) is 86.8 cm³/mol. The molecule has 3 aromatic rings. The summed E-state index contributed by atoms with van der Waals surface area (Å²) in [6, 6.07) is 15.6. The molecule has 0 fully saturated rings.